The van der Waals surface area contributed by atoms with Crippen LogP contribution in [0.2, 0.25) is 0 Å². The predicted octanol–water partition coefficient (Wildman–Crippen LogP) is 0.459. The Labute approximate surface area is 66.6 Å². The minimum atomic E-state index is 0. The molecule has 0 atom stereocenters. The molecule has 0 N–H and O–H groups in total. The first-order chi connectivity index (χ1) is 3.41. The monoisotopic (exact) mass is 124 g/mol. The lowest BCUT2D eigenvalue weighted by Crippen LogP contribution is -1.87. The summed E-state index contributed by atoms with van der Waals surface area (Å²) in [5.74, 6) is 0. The molecule has 0 saturated heterocycles. The Morgan fingerprint density at radius 1 is 1.12 bits per heavy atom. The van der Waals surface area contributed by atoms with E-state index < -0.39 is 0 Å². The van der Waals surface area contributed by atoms with E-state index in [1.807, 2.05) is 0 Å². The van der Waals surface area contributed by atoms with Crippen LogP contribution in [0.4, 0.5) is 0 Å². The molecule has 1 nitrogen and oxygen atoms in total. The van der Waals surface area contributed by atoms with Gasteiger partial charge in [0.15, 0.2) is 0 Å². The standard InChI is InChI=1S/C6H10O.Mg.2H/c1-3-5-7-6-4-2;;;/h3-4H,1-2,5-6H2;;;. The maximum absolute atomic E-state index is 4.90. The molecule has 0 saturated carbocycles. The zero-order valence-electron chi connectivity index (χ0n) is 4.39. The van der Waals surface area contributed by atoms with Crippen LogP contribution in [0, 0.1) is 0 Å². The van der Waals surface area contributed by atoms with Crippen LogP contribution < -0.4 is 0 Å². The highest BCUT2D eigenvalue weighted by Gasteiger charge is 1.70. The third-order valence-electron chi connectivity index (χ3n) is 0.471. The molecule has 0 aliphatic rings. The molecule has 0 aliphatic carbocycles. The molecule has 0 rings (SSSR count). The molecule has 0 aromatic rings. The molecule has 0 amide bonds. The maximum atomic E-state index is 4.90. The molecular formula is C6H12MgO. The average molecular weight is 124 g/mol. The van der Waals surface area contributed by atoms with Crippen molar-refractivity contribution in [1.29, 1.82) is 0 Å². The van der Waals surface area contributed by atoms with E-state index in [9.17, 15) is 0 Å². The van der Waals surface area contributed by atoms with Gasteiger partial charge in [0.1, 0.15) is 0 Å². The Bertz CT molecular complexity index is 53.5. The van der Waals surface area contributed by atoms with Gasteiger partial charge in [-0.15, -0.1) is 13.2 Å². The minimum absolute atomic E-state index is 0. The van der Waals surface area contributed by atoms with Crippen molar-refractivity contribution in [2.24, 2.45) is 0 Å². The third-order valence-corrected chi connectivity index (χ3v) is 0.471. The Balaban J connectivity index is 0. The van der Waals surface area contributed by atoms with E-state index in [0.717, 1.165) is 0 Å². The van der Waals surface area contributed by atoms with Crippen molar-refractivity contribution in [3.8, 4) is 0 Å². The summed E-state index contributed by atoms with van der Waals surface area (Å²) in [6, 6.07) is 0. The van der Waals surface area contributed by atoms with Gasteiger partial charge in [-0.25, -0.2) is 0 Å². The van der Waals surface area contributed by atoms with Gasteiger partial charge in [0.2, 0.25) is 0 Å². The lowest BCUT2D eigenvalue weighted by Gasteiger charge is -1.89. The lowest BCUT2D eigenvalue weighted by molar-refractivity contribution is 0.194. The van der Waals surface area contributed by atoms with E-state index >= 15 is 0 Å². The highest BCUT2D eigenvalue weighted by molar-refractivity contribution is 5.75. The fraction of sp³-hybridized carbons (Fsp3) is 0.333. The topological polar surface area (TPSA) is 9.23 Å². The fourth-order valence-electron chi connectivity index (χ4n) is 0.235. The maximum Gasteiger partial charge on any atom is 0.316 e. The molecule has 0 aromatic heterocycles. The second-order valence-electron chi connectivity index (χ2n) is 1.11. The molecule has 0 spiro atoms. The van der Waals surface area contributed by atoms with Crippen molar-refractivity contribution in [1.82, 2.24) is 0 Å². The molecule has 0 aliphatic heterocycles. The fourth-order valence-corrected chi connectivity index (χ4v) is 0.235. The van der Waals surface area contributed by atoms with Gasteiger partial charge in [0.25, 0.3) is 0 Å². The second kappa shape index (κ2) is 10.2. The molecule has 0 bridgehead atoms. The SMILES string of the molecule is C=CCOCC=C.[MgH2]. The summed E-state index contributed by atoms with van der Waals surface area (Å²) < 4.78 is 4.90. The lowest BCUT2D eigenvalue weighted by atomic mass is 10.6. The van der Waals surface area contributed by atoms with Crippen molar-refractivity contribution in [3.63, 3.8) is 0 Å². The molecular weight excluding hydrogens is 112 g/mol. The molecule has 0 aromatic carbocycles. The highest BCUT2D eigenvalue weighted by Crippen LogP contribution is 1.72. The van der Waals surface area contributed by atoms with Crippen LogP contribution >= 0.6 is 0 Å². The summed E-state index contributed by atoms with van der Waals surface area (Å²) in [6.07, 6.45) is 3.42. The van der Waals surface area contributed by atoms with Gasteiger partial charge in [-0.2, -0.15) is 0 Å². The quantitative estimate of drug-likeness (QED) is 0.301. The zero-order valence-corrected chi connectivity index (χ0v) is 4.39. The van der Waals surface area contributed by atoms with Crippen molar-refractivity contribution in [3.05, 3.63) is 25.3 Å². The van der Waals surface area contributed by atoms with E-state index in [4.69, 9.17) is 4.74 Å². The van der Waals surface area contributed by atoms with Crippen molar-refractivity contribution in [2.45, 2.75) is 0 Å². The molecule has 0 radical (unpaired) electrons. The van der Waals surface area contributed by atoms with E-state index in [-0.39, 0.29) is 23.1 Å². The zero-order chi connectivity index (χ0) is 5.54. The average Bonchev–Trinajstić information content (AvgIpc) is 1.69. The summed E-state index contributed by atoms with van der Waals surface area (Å²) in [4.78, 5) is 0. The Morgan fingerprint density at radius 2 is 1.50 bits per heavy atom. The van der Waals surface area contributed by atoms with Crippen LogP contribution in [0.25, 0.3) is 0 Å². The summed E-state index contributed by atoms with van der Waals surface area (Å²) in [6.45, 7) is 8.18. The van der Waals surface area contributed by atoms with Crippen LogP contribution in [0.5, 0.6) is 0 Å². The molecule has 8 heavy (non-hydrogen) atoms. The van der Waals surface area contributed by atoms with E-state index in [0.29, 0.717) is 13.2 Å². The van der Waals surface area contributed by atoms with Crippen molar-refractivity contribution >= 4 is 23.1 Å². The Hall–Kier alpha value is 0.206. The minimum Gasteiger partial charge on any atom is -0.373 e. The van der Waals surface area contributed by atoms with Gasteiger partial charge in [-0.3, -0.25) is 0 Å². The van der Waals surface area contributed by atoms with Crippen LogP contribution in [-0.2, 0) is 4.74 Å². The number of rotatable bonds is 4. The van der Waals surface area contributed by atoms with Gasteiger partial charge in [0.05, 0.1) is 13.2 Å². The molecule has 2 heteroatoms. The Kier molecular flexibility index (Phi) is 14.2. The summed E-state index contributed by atoms with van der Waals surface area (Å²) >= 11 is 0. The molecule has 0 fully saturated rings. The van der Waals surface area contributed by atoms with Crippen LogP contribution in [-0.4, -0.2) is 36.3 Å². The summed E-state index contributed by atoms with van der Waals surface area (Å²) in [5, 5.41) is 0. The van der Waals surface area contributed by atoms with Crippen LogP contribution in [0.15, 0.2) is 25.3 Å². The van der Waals surface area contributed by atoms with Gasteiger partial charge in [0, 0.05) is 0 Å². The third kappa shape index (κ3) is 9.51. The van der Waals surface area contributed by atoms with Crippen LogP contribution in [0.1, 0.15) is 0 Å². The number of hydrogen-bond acceptors (Lipinski definition) is 1. The van der Waals surface area contributed by atoms with Crippen LogP contribution in [0.3, 0.4) is 0 Å². The Morgan fingerprint density at radius 3 is 1.75 bits per heavy atom. The summed E-state index contributed by atoms with van der Waals surface area (Å²) in [5.41, 5.74) is 0. The van der Waals surface area contributed by atoms with Gasteiger partial charge >= 0.3 is 23.1 Å². The molecule has 0 unspecified atom stereocenters. The first-order valence-corrected chi connectivity index (χ1v) is 2.21. The van der Waals surface area contributed by atoms with Gasteiger partial charge in [-0.1, -0.05) is 12.2 Å². The normalized spacial score (nSPS) is 7.00. The number of ether oxygens (including phenoxy) is 1. The number of hydrogen-bond donors (Lipinski definition) is 0. The van der Waals surface area contributed by atoms with Crippen molar-refractivity contribution < 1.29 is 4.74 Å². The highest BCUT2D eigenvalue weighted by atomic mass is 24.3. The van der Waals surface area contributed by atoms with E-state index in [2.05, 4.69) is 13.2 Å². The largest absolute Gasteiger partial charge is 0.373 e. The van der Waals surface area contributed by atoms with E-state index in [1.54, 1.807) is 12.2 Å². The van der Waals surface area contributed by atoms with E-state index in [1.165, 1.54) is 0 Å². The van der Waals surface area contributed by atoms with Gasteiger partial charge in [-0.05, 0) is 0 Å². The predicted molar refractivity (Wildman–Crippen MR) is 39.8 cm³/mol. The van der Waals surface area contributed by atoms with Gasteiger partial charge < -0.3 is 4.74 Å². The molecule has 44 valence electrons. The smallest absolute Gasteiger partial charge is 0.316 e. The molecule has 0 heterocycles. The second-order valence-corrected chi connectivity index (χ2v) is 1.11. The summed E-state index contributed by atoms with van der Waals surface area (Å²) in [7, 11) is 0. The first kappa shape index (κ1) is 11.1. The first-order valence-electron chi connectivity index (χ1n) is 2.21. The van der Waals surface area contributed by atoms with Crippen molar-refractivity contribution in [2.75, 3.05) is 13.2 Å².